The summed E-state index contributed by atoms with van der Waals surface area (Å²) in [6.07, 6.45) is 1.19. The normalized spacial score (nSPS) is 11.5. The van der Waals surface area contributed by atoms with Crippen molar-refractivity contribution in [1.82, 2.24) is 0 Å². The summed E-state index contributed by atoms with van der Waals surface area (Å²) in [7, 11) is -2.91. The fraction of sp³-hybridized carbons (Fsp3) is 0.0714. The summed E-state index contributed by atoms with van der Waals surface area (Å²) in [4.78, 5) is 23.8. The average molecular weight is 544 g/mol. The summed E-state index contributed by atoms with van der Waals surface area (Å²) >= 11 is 0. The minimum Gasteiger partial charge on any atom is -0.496 e. The fourth-order valence-corrected chi connectivity index (χ4v) is 4.69. The third-order valence-corrected chi connectivity index (χ3v) is 6.99. The predicted octanol–water partition coefficient (Wildman–Crippen LogP) is 5.38. The molecule has 0 aromatic heterocycles. The number of nitrogens with one attached hydrogen (secondary N) is 1. The Balaban J connectivity index is 1.78. The number of nitrogens with zero attached hydrogens (tertiary/aromatic N) is 2. The van der Waals surface area contributed by atoms with E-state index in [0.717, 1.165) is 11.6 Å². The Morgan fingerprint density at radius 3 is 2.44 bits per heavy atom. The largest absolute Gasteiger partial charge is 0.496 e. The zero-order valence-corrected chi connectivity index (χ0v) is 21.6. The van der Waals surface area contributed by atoms with Gasteiger partial charge in [0.2, 0.25) is 0 Å². The van der Waals surface area contributed by atoms with E-state index in [-0.39, 0.29) is 27.6 Å². The number of rotatable bonds is 8. The van der Waals surface area contributed by atoms with E-state index in [0.29, 0.717) is 10.8 Å². The Morgan fingerprint density at radius 1 is 1.05 bits per heavy atom. The van der Waals surface area contributed by atoms with E-state index in [1.807, 2.05) is 6.92 Å². The highest BCUT2D eigenvalue weighted by Crippen LogP contribution is 2.33. The van der Waals surface area contributed by atoms with Crippen LogP contribution in [0.2, 0.25) is 0 Å². The van der Waals surface area contributed by atoms with Gasteiger partial charge in [-0.25, -0.2) is 0 Å². The van der Waals surface area contributed by atoms with Crippen LogP contribution in [-0.4, -0.2) is 26.4 Å². The van der Waals surface area contributed by atoms with Gasteiger partial charge in [0.25, 0.3) is 11.6 Å². The first kappa shape index (κ1) is 26.8. The summed E-state index contributed by atoms with van der Waals surface area (Å²) in [6, 6.07) is 21.8. The van der Waals surface area contributed by atoms with Crippen molar-refractivity contribution in [3.05, 3.63) is 106 Å². The Kier molecular flexibility index (Phi) is 7.60. The molecule has 39 heavy (non-hydrogen) atoms. The number of carbonyl (C=O) groups is 1. The maximum atomic E-state index is 13.0. The molecule has 0 aliphatic heterocycles. The number of methoxy groups -OCH3 is 1. The van der Waals surface area contributed by atoms with Crippen LogP contribution in [0.25, 0.3) is 16.8 Å². The van der Waals surface area contributed by atoms with Gasteiger partial charge < -0.3 is 14.2 Å². The second kappa shape index (κ2) is 11.0. The van der Waals surface area contributed by atoms with Gasteiger partial charge in [-0.15, -0.1) is 0 Å². The lowest BCUT2D eigenvalue weighted by Gasteiger charge is -2.13. The molecule has 0 unspecified atom stereocenters. The lowest BCUT2D eigenvalue weighted by atomic mass is 10.0. The minimum atomic E-state index is -4.25. The number of nitro benzene ring substituents is 1. The SMILES string of the molecule is COc1ccc(NC(=O)/C(C#N)=C/c2c(OS(=O)(=O)c3ccc(C)cc3)ccc3ccccc23)c([N+](=O)[O-])c1. The Morgan fingerprint density at radius 2 is 1.77 bits per heavy atom. The van der Waals surface area contributed by atoms with Crippen LogP contribution in [0.1, 0.15) is 11.1 Å². The van der Waals surface area contributed by atoms with Gasteiger partial charge in [-0.3, -0.25) is 14.9 Å². The van der Waals surface area contributed by atoms with Crippen LogP contribution in [0.5, 0.6) is 11.5 Å². The molecule has 10 nitrogen and oxygen atoms in total. The number of fused-ring (bicyclic) bond motifs is 1. The molecular weight excluding hydrogens is 522 g/mol. The third-order valence-electron chi connectivity index (χ3n) is 5.74. The van der Waals surface area contributed by atoms with E-state index in [2.05, 4.69) is 5.32 Å². The van der Waals surface area contributed by atoms with Crippen LogP contribution >= 0.6 is 0 Å². The predicted molar refractivity (Wildman–Crippen MR) is 145 cm³/mol. The van der Waals surface area contributed by atoms with Crippen molar-refractivity contribution in [3.8, 4) is 17.6 Å². The molecular formula is C28H21N3O7S. The molecule has 0 bridgehead atoms. The van der Waals surface area contributed by atoms with Gasteiger partial charge in [0.05, 0.1) is 18.1 Å². The lowest BCUT2D eigenvalue weighted by Crippen LogP contribution is -2.15. The summed E-state index contributed by atoms with van der Waals surface area (Å²) < 4.78 is 36.5. The van der Waals surface area contributed by atoms with Crippen LogP contribution in [0.3, 0.4) is 0 Å². The molecule has 196 valence electrons. The number of anilines is 1. The number of aryl methyl sites for hydroxylation is 1. The van der Waals surface area contributed by atoms with Crippen LogP contribution in [-0.2, 0) is 14.9 Å². The highest BCUT2D eigenvalue weighted by molar-refractivity contribution is 7.87. The van der Waals surface area contributed by atoms with Crippen molar-refractivity contribution in [2.45, 2.75) is 11.8 Å². The average Bonchev–Trinajstić information content (AvgIpc) is 2.92. The van der Waals surface area contributed by atoms with Gasteiger partial charge in [-0.2, -0.15) is 13.7 Å². The Labute approximate surface area is 224 Å². The molecule has 0 spiro atoms. The highest BCUT2D eigenvalue weighted by atomic mass is 32.2. The number of hydrogen-bond acceptors (Lipinski definition) is 8. The number of nitro groups is 1. The fourth-order valence-electron chi connectivity index (χ4n) is 3.75. The van der Waals surface area contributed by atoms with Crippen LogP contribution in [0, 0.1) is 28.4 Å². The highest BCUT2D eigenvalue weighted by Gasteiger charge is 2.22. The van der Waals surface area contributed by atoms with Crippen LogP contribution < -0.4 is 14.2 Å². The molecule has 0 saturated carbocycles. The van der Waals surface area contributed by atoms with E-state index in [4.69, 9.17) is 8.92 Å². The number of benzene rings is 4. The first-order chi connectivity index (χ1) is 18.6. The van der Waals surface area contributed by atoms with Crippen LogP contribution in [0.15, 0.2) is 89.3 Å². The van der Waals surface area contributed by atoms with E-state index in [9.17, 15) is 28.6 Å². The number of nitriles is 1. The van der Waals surface area contributed by atoms with Crippen molar-refractivity contribution < 1.29 is 27.1 Å². The van der Waals surface area contributed by atoms with E-state index in [1.54, 1.807) is 48.5 Å². The maximum absolute atomic E-state index is 13.0. The van der Waals surface area contributed by atoms with Crippen molar-refractivity contribution >= 4 is 44.2 Å². The van der Waals surface area contributed by atoms with E-state index >= 15 is 0 Å². The van der Waals surface area contributed by atoms with Crippen molar-refractivity contribution in [2.75, 3.05) is 12.4 Å². The molecule has 0 radical (unpaired) electrons. The number of ether oxygens (including phenoxy) is 1. The van der Waals surface area contributed by atoms with Crippen molar-refractivity contribution in [2.24, 2.45) is 0 Å². The molecule has 1 N–H and O–H groups in total. The quantitative estimate of drug-likeness (QED) is 0.102. The lowest BCUT2D eigenvalue weighted by molar-refractivity contribution is -0.384. The first-order valence-electron chi connectivity index (χ1n) is 11.4. The molecule has 0 fully saturated rings. The standard InChI is InChI=1S/C28H21N3O7S/c1-18-7-11-22(12-8-18)39(35,36)38-27-14-9-19-5-3-4-6-23(19)24(27)15-20(17-29)28(32)30-25-13-10-21(37-2)16-26(25)31(33)34/h3-16H,1-2H3,(H,30,32)/b20-15+. The topological polar surface area (TPSA) is 149 Å². The van der Waals surface area contributed by atoms with Crippen molar-refractivity contribution in [1.29, 1.82) is 5.26 Å². The first-order valence-corrected chi connectivity index (χ1v) is 12.8. The molecule has 11 heteroatoms. The van der Waals surface area contributed by atoms with Gasteiger partial charge in [-0.1, -0.05) is 48.0 Å². The monoisotopic (exact) mass is 543 g/mol. The number of hydrogen-bond donors (Lipinski definition) is 1. The summed E-state index contributed by atoms with van der Waals surface area (Å²) in [5.74, 6) is -0.834. The maximum Gasteiger partial charge on any atom is 0.339 e. The molecule has 4 aromatic carbocycles. The molecule has 0 atom stereocenters. The Bertz CT molecular complexity index is 1770. The van der Waals surface area contributed by atoms with Gasteiger partial charge in [-0.05, 0) is 54.1 Å². The summed E-state index contributed by atoms with van der Waals surface area (Å²) in [5.41, 5.74) is 0.0143. The summed E-state index contributed by atoms with van der Waals surface area (Å²) in [5, 5.41) is 24.9. The summed E-state index contributed by atoms with van der Waals surface area (Å²) in [6.45, 7) is 1.82. The van der Waals surface area contributed by atoms with Crippen LogP contribution in [0.4, 0.5) is 11.4 Å². The number of carbonyl (C=O) groups excluding carboxylic acids is 1. The Hall–Kier alpha value is -5.21. The van der Waals surface area contributed by atoms with Gasteiger partial charge in [0, 0.05) is 5.56 Å². The molecule has 0 aliphatic carbocycles. The molecule has 0 saturated heterocycles. The molecule has 0 heterocycles. The molecule has 0 aliphatic rings. The minimum absolute atomic E-state index is 0.0683. The van der Waals surface area contributed by atoms with E-state index < -0.39 is 32.2 Å². The van der Waals surface area contributed by atoms with Gasteiger partial charge in [0.1, 0.15) is 28.0 Å². The van der Waals surface area contributed by atoms with E-state index in [1.165, 1.54) is 43.5 Å². The molecule has 4 rings (SSSR count). The van der Waals surface area contributed by atoms with Gasteiger partial charge >= 0.3 is 10.1 Å². The smallest absolute Gasteiger partial charge is 0.339 e. The molecule has 4 aromatic rings. The zero-order chi connectivity index (χ0) is 28.2. The zero-order valence-electron chi connectivity index (χ0n) is 20.7. The molecule has 1 amide bonds. The third kappa shape index (κ3) is 5.87. The second-order valence-electron chi connectivity index (χ2n) is 8.31. The van der Waals surface area contributed by atoms with Gasteiger partial charge in [0.15, 0.2) is 5.75 Å². The number of amides is 1. The second-order valence-corrected chi connectivity index (χ2v) is 9.86. The van der Waals surface area contributed by atoms with Crippen molar-refractivity contribution in [3.63, 3.8) is 0 Å².